The second kappa shape index (κ2) is 9.66. The summed E-state index contributed by atoms with van der Waals surface area (Å²) < 4.78 is 31.8. The van der Waals surface area contributed by atoms with Gasteiger partial charge in [0.15, 0.2) is 0 Å². The Morgan fingerprint density at radius 3 is 2.23 bits per heavy atom. The van der Waals surface area contributed by atoms with E-state index in [1.807, 2.05) is 61.5 Å². The minimum Gasteiger partial charge on any atom is -0.457 e. The van der Waals surface area contributed by atoms with Crippen molar-refractivity contribution in [2.24, 2.45) is 0 Å². The Bertz CT molecular complexity index is 1130. The molecule has 6 nitrogen and oxygen atoms in total. The van der Waals surface area contributed by atoms with Gasteiger partial charge in [0.2, 0.25) is 15.9 Å². The van der Waals surface area contributed by atoms with Crippen LogP contribution in [0, 0.1) is 6.92 Å². The maximum atomic E-state index is 12.7. The van der Waals surface area contributed by atoms with Crippen LogP contribution in [0.5, 0.6) is 11.5 Å². The van der Waals surface area contributed by atoms with Crippen LogP contribution in [-0.4, -0.2) is 26.6 Å². The zero-order valence-electron chi connectivity index (χ0n) is 17.8. The van der Waals surface area contributed by atoms with Crippen molar-refractivity contribution in [1.82, 2.24) is 5.32 Å². The number of nitrogens with zero attached hydrogens (tertiary/aromatic N) is 1. The van der Waals surface area contributed by atoms with Crippen molar-refractivity contribution in [3.63, 3.8) is 0 Å². The van der Waals surface area contributed by atoms with Crippen molar-refractivity contribution in [1.29, 1.82) is 0 Å². The number of rotatable bonds is 8. The van der Waals surface area contributed by atoms with Crippen molar-refractivity contribution in [3.05, 3.63) is 90.0 Å². The average molecular weight is 439 g/mol. The summed E-state index contributed by atoms with van der Waals surface area (Å²) in [7, 11) is -3.69. The standard InChI is InChI=1S/C24H26N2O4S/c1-18-8-7-9-20(16-18)17-25-24(27)19(2)26(31(3,28)29)21-12-14-23(15-13-21)30-22-10-5-4-6-11-22/h4-16,19H,17H2,1-3H3,(H,25,27)/t19-/m0/s1. The number of amides is 1. The summed E-state index contributed by atoms with van der Waals surface area (Å²) in [4.78, 5) is 12.7. The molecule has 31 heavy (non-hydrogen) atoms. The van der Waals surface area contributed by atoms with Crippen molar-refractivity contribution < 1.29 is 17.9 Å². The van der Waals surface area contributed by atoms with E-state index in [1.54, 1.807) is 31.2 Å². The Morgan fingerprint density at radius 1 is 0.968 bits per heavy atom. The van der Waals surface area contributed by atoms with Gasteiger partial charge in [0.05, 0.1) is 11.9 Å². The fourth-order valence-corrected chi connectivity index (χ4v) is 4.43. The molecule has 0 heterocycles. The predicted molar refractivity (Wildman–Crippen MR) is 123 cm³/mol. The number of nitrogens with one attached hydrogen (secondary N) is 1. The number of anilines is 1. The van der Waals surface area contributed by atoms with Gasteiger partial charge in [-0.15, -0.1) is 0 Å². The van der Waals surface area contributed by atoms with Crippen LogP contribution in [0.3, 0.4) is 0 Å². The molecule has 0 bridgehead atoms. The van der Waals surface area contributed by atoms with Gasteiger partial charge in [-0.25, -0.2) is 8.42 Å². The van der Waals surface area contributed by atoms with Crippen LogP contribution in [0.25, 0.3) is 0 Å². The van der Waals surface area contributed by atoms with E-state index < -0.39 is 16.1 Å². The van der Waals surface area contributed by atoms with E-state index in [2.05, 4.69) is 5.32 Å². The third-order valence-electron chi connectivity index (χ3n) is 4.71. The molecule has 0 aliphatic heterocycles. The molecule has 0 aromatic heterocycles. The monoisotopic (exact) mass is 438 g/mol. The fourth-order valence-electron chi connectivity index (χ4n) is 3.25. The number of para-hydroxylation sites is 1. The molecule has 0 radical (unpaired) electrons. The van der Waals surface area contributed by atoms with Gasteiger partial charge in [-0.2, -0.15) is 0 Å². The number of hydrogen-bond acceptors (Lipinski definition) is 4. The highest BCUT2D eigenvalue weighted by Gasteiger charge is 2.29. The van der Waals surface area contributed by atoms with Gasteiger partial charge in [0.25, 0.3) is 0 Å². The topological polar surface area (TPSA) is 75.7 Å². The van der Waals surface area contributed by atoms with Crippen LogP contribution >= 0.6 is 0 Å². The molecule has 0 unspecified atom stereocenters. The maximum absolute atomic E-state index is 12.7. The molecule has 1 atom stereocenters. The van der Waals surface area contributed by atoms with Crippen molar-refractivity contribution in [2.45, 2.75) is 26.4 Å². The lowest BCUT2D eigenvalue weighted by Crippen LogP contribution is -2.47. The lowest BCUT2D eigenvalue weighted by atomic mass is 10.1. The lowest BCUT2D eigenvalue weighted by molar-refractivity contribution is -0.122. The van der Waals surface area contributed by atoms with E-state index in [4.69, 9.17) is 4.74 Å². The Labute approximate surface area is 183 Å². The first-order valence-corrected chi connectivity index (χ1v) is 11.7. The van der Waals surface area contributed by atoms with Gasteiger partial charge in [0, 0.05) is 6.54 Å². The van der Waals surface area contributed by atoms with E-state index >= 15 is 0 Å². The molecule has 3 aromatic carbocycles. The summed E-state index contributed by atoms with van der Waals surface area (Å²) in [6.45, 7) is 3.87. The summed E-state index contributed by atoms with van der Waals surface area (Å²) in [6, 6.07) is 22.8. The Morgan fingerprint density at radius 2 is 1.61 bits per heavy atom. The third kappa shape index (κ3) is 6.08. The molecule has 0 aliphatic rings. The number of benzene rings is 3. The zero-order chi connectivity index (χ0) is 22.4. The molecule has 0 saturated heterocycles. The highest BCUT2D eigenvalue weighted by Crippen LogP contribution is 2.27. The summed E-state index contributed by atoms with van der Waals surface area (Å²) in [5.41, 5.74) is 2.44. The quantitative estimate of drug-likeness (QED) is 0.570. The van der Waals surface area contributed by atoms with E-state index in [1.165, 1.54) is 0 Å². The molecular formula is C24H26N2O4S. The SMILES string of the molecule is Cc1cccc(CNC(=O)[C@H](C)N(c2ccc(Oc3ccccc3)cc2)S(C)(=O)=O)c1. The molecule has 0 saturated carbocycles. The number of hydrogen-bond donors (Lipinski definition) is 1. The van der Waals surface area contributed by atoms with Crippen LogP contribution < -0.4 is 14.4 Å². The summed E-state index contributed by atoms with van der Waals surface area (Å²) in [5.74, 6) is 0.871. The molecule has 1 amide bonds. The maximum Gasteiger partial charge on any atom is 0.243 e. The number of ether oxygens (including phenoxy) is 1. The van der Waals surface area contributed by atoms with Crippen LogP contribution in [0.15, 0.2) is 78.9 Å². The largest absolute Gasteiger partial charge is 0.457 e. The zero-order valence-corrected chi connectivity index (χ0v) is 18.6. The first-order chi connectivity index (χ1) is 14.7. The van der Waals surface area contributed by atoms with Gasteiger partial charge in [-0.3, -0.25) is 9.10 Å². The molecule has 0 fully saturated rings. The van der Waals surface area contributed by atoms with Gasteiger partial charge in [-0.1, -0.05) is 48.0 Å². The fraction of sp³-hybridized carbons (Fsp3) is 0.208. The van der Waals surface area contributed by atoms with Gasteiger partial charge in [-0.05, 0) is 55.8 Å². The third-order valence-corrected chi connectivity index (χ3v) is 5.95. The Balaban J connectivity index is 1.74. The number of carbonyl (C=O) groups is 1. The summed E-state index contributed by atoms with van der Waals surface area (Å²) in [6.07, 6.45) is 1.09. The Kier molecular flexibility index (Phi) is 6.97. The second-order valence-electron chi connectivity index (χ2n) is 7.35. The predicted octanol–water partition coefficient (Wildman–Crippen LogP) is 4.26. The van der Waals surface area contributed by atoms with E-state index in [0.29, 0.717) is 23.7 Å². The average Bonchev–Trinajstić information content (AvgIpc) is 2.73. The molecule has 3 aromatic rings. The summed E-state index contributed by atoms with van der Waals surface area (Å²) in [5, 5.41) is 2.82. The molecule has 0 aliphatic carbocycles. The van der Waals surface area contributed by atoms with Crippen LogP contribution in [0.4, 0.5) is 5.69 Å². The Hall–Kier alpha value is -3.32. The number of sulfonamides is 1. The molecule has 3 rings (SSSR count). The minimum absolute atomic E-state index is 0.326. The highest BCUT2D eigenvalue weighted by atomic mass is 32.2. The molecule has 1 N–H and O–H groups in total. The van der Waals surface area contributed by atoms with E-state index in [-0.39, 0.29) is 5.91 Å². The highest BCUT2D eigenvalue weighted by molar-refractivity contribution is 7.92. The molecule has 0 spiro atoms. The number of carbonyl (C=O) groups excluding carboxylic acids is 1. The molecule has 162 valence electrons. The van der Waals surface area contributed by atoms with Crippen LogP contribution in [-0.2, 0) is 21.4 Å². The summed E-state index contributed by atoms with van der Waals surface area (Å²) >= 11 is 0. The molecular weight excluding hydrogens is 412 g/mol. The smallest absolute Gasteiger partial charge is 0.243 e. The van der Waals surface area contributed by atoms with Gasteiger partial charge in [0.1, 0.15) is 17.5 Å². The van der Waals surface area contributed by atoms with E-state index in [0.717, 1.165) is 21.7 Å². The first-order valence-electron chi connectivity index (χ1n) is 9.89. The van der Waals surface area contributed by atoms with Crippen molar-refractivity contribution in [2.75, 3.05) is 10.6 Å². The van der Waals surface area contributed by atoms with Crippen molar-refractivity contribution in [3.8, 4) is 11.5 Å². The van der Waals surface area contributed by atoms with Gasteiger partial charge < -0.3 is 10.1 Å². The normalized spacial score (nSPS) is 12.1. The first kappa shape index (κ1) is 22.4. The number of aryl methyl sites for hydroxylation is 1. The lowest BCUT2D eigenvalue weighted by Gasteiger charge is -2.28. The van der Waals surface area contributed by atoms with Crippen molar-refractivity contribution >= 4 is 21.6 Å². The van der Waals surface area contributed by atoms with Crippen LogP contribution in [0.1, 0.15) is 18.1 Å². The second-order valence-corrected chi connectivity index (χ2v) is 9.21. The van der Waals surface area contributed by atoms with Gasteiger partial charge >= 0.3 is 0 Å². The molecule has 7 heteroatoms. The minimum atomic E-state index is -3.69. The van der Waals surface area contributed by atoms with E-state index in [9.17, 15) is 13.2 Å². The van der Waals surface area contributed by atoms with Crippen LogP contribution in [0.2, 0.25) is 0 Å².